The predicted octanol–water partition coefficient (Wildman–Crippen LogP) is 2.32. The van der Waals surface area contributed by atoms with Crippen LogP contribution in [0.2, 0.25) is 0 Å². The molecule has 6 atom stereocenters. The monoisotopic (exact) mass is 370 g/mol. The molecule has 0 unspecified atom stereocenters. The van der Waals surface area contributed by atoms with E-state index in [1.165, 1.54) is 31.0 Å². The van der Waals surface area contributed by atoms with Gasteiger partial charge in [-0.2, -0.15) is 4.99 Å². The molecule has 0 aromatic heterocycles. The van der Waals surface area contributed by atoms with Crippen molar-refractivity contribution >= 4 is 32.7 Å². The number of hydrogen-bond acceptors (Lipinski definition) is 4. The van der Waals surface area contributed by atoms with Crippen LogP contribution in [0.1, 0.15) is 46.0 Å². The molecule has 2 saturated heterocycles. The lowest BCUT2D eigenvalue weighted by atomic mass is 9.93. The fraction of sp³-hybridized carbons (Fsp3) is 0.882. The van der Waals surface area contributed by atoms with Crippen molar-refractivity contribution in [2.24, 2.45) is 22.7 Å². The molecule has 0 aromatic carbocycles. The van der Waals surface area contributed by atoms with Crippen molar-refractivity contribution in [3.05, 3.63) is 0 Å². The quantitative estimate of drug-likeness (QED) is 0.763. The molecule has 0 spiro atoms. The number of sulfone groups is 1. The van der Waals surface area contributed by atoms with Crippen LogP contribution in [0.5, 0.6) is 0 Å². The number of fused-ring (bicyclic) bond motifs is 3. The van der Waals surface area contributed by atoms with E-state index in [9.17, 15) is 13.2 Å². The number of amides is 1. The highest BCUT2D eigenvalue weighted by molar-refractivity contribution is 8.15. The third-order valence-corrected chi connectivity index (χ3v) is 9.63. The second kappa shape index (κ2) is 6.01. The fourth-order valence-corrected chi connectivity index (χ4v) is 8.89. The molecule has 24 heavy (non-hydrogen) atoms. The Bertz CT molecular complexity index is 675. The number of carbonyl (C=O) groups excluding carboxylic acids is 1. The standard InChI is InChI=1S/C17H26N2O3S2/c1-3-10(2)16(20)18-17-19(13-7-11-4-5-12(13)6-11)14-8-24(21,22)9-15(14)23-17/h10-15H,3-9H2,1-2H3/t10-,11-,12-,13-,14-,15+/m1/s1. The third kappa shape index (κ3) is 2.81. The van der Waals surface area contributed by atoms with E-state index in [0.29, 0.717) is 12.0 Å². The third-order valence-electron chi connectivity index (χ3n) is 6.40. The first-order valence-electron chi connectivity index (χ1n) is 9.16. The van der Waals surface area contributed by atoms with Crippen molar-refractivity contribution in [3.63, 3.8) is 0 Å². The second-order valence-electron chi connectivity index (χ2n) is 7.99. The number of carbonyl (C=O) groups is 1. The van der Waals surface area contributed by atoms with E-state index in [1.54, 1.807) is 0 Å². The first-order valence-corrected chi connectivity index (χ1v) is 11.9. The number of rotatable bonds is 3. The summed E-state index contributed by atoms with van der Waals surface area (Å²) < 4.78 is 24.2. The largest absolute Gasteiger partial charge is 0.343 e. The van der Waals surface area contributed by atoms with Crippen LogP contribution < -0.4 is 0 Å². The van der Waals surface area contributed by atoms with Crippen LogP contribution in [-0.4, -0.2) is 53.2 Å². The molecule has 0 aromatic rings. The number of amidine groups is 1. The van der Waals surface area contributed by atoms with Gasteiger partial charge in [-0.3, -0.25) is 4.79 Å². The van der Waals surface area contributed by atoms with Gasteiger partial charge in [-0.15, -0.1) is 0 Å². The van der Waals surface area contributed by atoms with Gasteiger partial charge in [-0.25, -0.2) is 8.42 Å². The van der Waals surface area contributed by atoms with Gasteiger partial charge in [0.05, 0.1) is 17.5 Å². The van der Waals surface area contributed by atoms with Crippen LogP contribution in [0.25, 0.3) is 0 Å². The van der Waals surface area contributed by atoms with Crippen LogP contribution in [0.4, 0.5) is 0 Å². The second-order valence-corrected chi connectivity index (χ2v) is 11.4. The molecule has 4 aliphatic rings. The number of hydrogen-bond donors (Lipinski definition) is 0. The van der Waals surface area contributed by atoms with E-state index in [-0.39, 0.29) is 34.6 Å². The SMILES string of the molecule is CC[C@@H](C)C(=O)N=C1S[C@H]2CS(=O)(=O)C[C@H]2N1[C@@H]1C[C@@H]2CC[C@@H]1C2. The minimum Gasteiger partial charge on any atom is -0.343 e. The van der Waals surface area contributed by atoms with Crippen LogP contribution in [-0.2, 0) is 14.6 Å². The maximum Gasteiger partial charge on any atom is 0.250 e. The highest BCUT2D eigenvalue weighted by Gasteiger charge is 2.54. The molecular formula is C17H26N2O3S2. The Balaban J connectivity index is 1.64. The summed E-state index contributed by atoms with van der Waals surface area (Å²) in [7, 11) is -2.96. The van der Waals surface area contributed by atoms with Gasteiger partial charge < -0.3 is 4.90 Å². The Morgan fingerprint density at radius 2 is 2.08 bits per heavy atom. The predicted molar refractivity (Wildman–Crippen MR) is 96.8 cm³/mol. The Morgan fingerprint density at radius 3 is 2.71 bits per heavy atom. The molecule has 0 radical (unpaired) electrons. The lowest BCUT2D eigenvalue weighted by Gasteiger charge is -2.36. The molecule has 7 heteroatoms. The maximum atomic E-state index is 12.4. The molecule has 2 aliphatic carbocycles. The molecule has 4 fully saturated rings. The lowest BCUT2D eigenvalue weighted by Crippen LogP contribution is -2.47. The summed E-state index contributed by atoms with van der Waals surface area (Å²) in [6.07, 6.45) is 5.75. The minimum atomic E-state index is -2.96. The Morgan fingerprint density at radius 1 is 1.29 bits per heavy atom. The molecule has 2 aliphatic heterocycles. The molecule has 2 bridgehead atoms. The topological polar surface area (TPSA) is 66.8 Å². The highest BCUT2D eigenvalue weighted by Crippen LogP contribution is 2.51. The average molecular weight is 371 g/mol. The molecule has 5 nitrogen and oxygen atoms in total. The van der Waals surface area contributed by atoms with Crippen molar-refractivity contribution in [1.82, 2.24) is 4.90 Å². The van der Waals surface area contributed by atoms with E-state index < -0.39 is 9.84 Å². The van der Waals surface area contributed by atoms with E-state index in [2.05, 4.69) is 9.89 Å². The van der Waals surface area contributed by atoms with Gasteiger partial charge >= 0.3 is 0 Å². The number of thioether (sulfide) groups is 1. The van der Waals surface area contributed by atoms with Gasteiger partial charge in [0.1, 0.15) is 0 Å². The van der Waals surface area contributed by atoms with Crippen LogP contribution in [0.3, 0.4) is 0 Å². The first-order chi connectivity index (χ1) is 11.4. The molecule has 1 amide bonds. The molecule has 4 rings (SSSR count). The average Bonchev–Trinajstić information content (AvgIpc) is 3.25. The summed E-state index contributed by atoms with van der Waals surface area (Å²) in [4.78, 5) is 19.1. The van der Waals surface area contributed by atoms with Crippen LogP contribution in [0.15, 0.2) is 4.99 Å². The summed E-state index contributed by atoms with van der Waals surface area (Å²) >= 11 is 1.54. The van der Waals surface area contributed by atoms with Crippen LogP contribution >= 0.6 is 11.8 Å². The smallest absolute Gasteiger partial charge is 0.250 e. The van der Waals surface area contributed by atoms with E-state index >= 15 is 0 Å². The lowest BCUT2D eigenvalue weighted by molar-refractivity contribution is -0.121. The van der Waals surface area contributed by atoms with Gasteiger partial charge in [-0.1, -0.05) is 32.0 Å². The van der Waals surface area contributed by atoms with E-state index in [0.717, 1.165) is 23.9 Å². The maximum absolute atomic E-state index is 12.4. The van der Waals surface area contributed by atoms with Crippen molar-refractivity contribution in [2.75, 3.05) is 11.5 Å². The highest BCUT2D eigenvalue weighted by atomic mass is 32.2. The molecular weight excluding hydrogens is 344 g/mol. The minimum absolute atomic E-state index is 0.0211. The summed E-state index contributed by atoms with van der Waals surface area (Å²) in [6, 6.07) is 0.413. The number of nitrogens with zero attached hydrogens (tertiary/aromatic N) is 2. The Labute approximate surface area is 148 Å². The summed E-state index contributed by atoms with van der Waals surface area (Å²) in [6.45, 7) is 3.92. The molecule has 134 valence electrons. The normalized spacial score (nSPS) is 42.7. The number of aliphatic imine (C=N–C) groups is 1. The van der Waals surface area contributed by atoms with Crippen molar-refractivity contribution in [3.8, 4) is 0 Å². The zero-order chi connectivity index (χ0) is 17.1. The zero-order valence-corrected chi connectivity index (χ0v) is 16.0. The van der Waals surface area contributed by atoms with Gasteiger partial charge in [0.25, 0.3) is 5.91 Å². The van der Waals surface area contributed by atoms with E-state index in [4.69, 9.17) is 0 Å². The van der Waals surface area contributed by atoms with Crippen molar-refractivity contribution < 1.29 is 13.2 Å². The van der Waals surface area contributed by atoms with Gasteiger partial charge in [0.15, 0.2) is 15.0 Å². The van der Waals surface area contributed by atoms with Gasteiger partial charge in [0.2, 0.25) is 0 Å². The molecule has 2 saturated carbocycles. The summed E-state index contributed by atoms with van der Waals surface area (Å²) in [5, 5.41) is 0.861. The van der Waals surface area contributed by atoms with E-state index in [1.807, 2.05) is 13.8 Å². The Hall–Kier alpha value is -0.560. The molecule has 0 N–H and O–H groups in total. The van der Waals surface area contributed by atoms with Gasteiger partial charge in [-0.05, 0) is 37.5 Å². The van der Waals surface area contributed by atoms with Crippen LogP contribution in [0, 0.1) is 17.8 Å². The van der Waals surface area contributed by atoms with Crippen molar-refractivity contribution in [2.45, 2.75) is 63.3 Å². The summed E-state index contributed by atoms with van der Waals surface area (Å²) in [5.41, 5.74) is 0. The fourth-order valence-electron chi connectivity index (χ4n) is 4.91. The Kier molecular flexibility index (Phi) is 4.23. The molecule has 2 heterocycles. The first kappa shape index (κ1) is 16.9. The summed E-state index contributed by atoms with van der Waals surface area (Å²) in [5.74, 6) is 1.78. The zero-order valence-electron chi connectivity index (χ0n) is 14.3. The van der Waals surface area contributed by atoms with Crippen molar-refractivity contribution in [1.29, 1.82) is 0 Å². The van der Waals surface area contributed by atoms with Gasteiger partial charge in [0, 0.05) is 17.2 Å².